The lowest BCUT2D eigenvalue weighted by atomic mass is 9.95. The number of hydrogen-bond acceptors (Lipinski definition) is 5. The van der Waals surface area contributed by atoms with Gasteiger partial charge in [-0.1, -0.05) is 12.1 Å². The van der Waals surface area contributed by atoms with Crippen LogP contribution in [0.15, 0.2) is 24.3 Å². The molecule has 1 aromatic heterocycles. The number of nitrogens with zero attached hydrogens (tertiary/aromatic N) is 4. The first-order chi connectivity index (χ1) is 14.4. The average molecular weight is 430 g/mol. The maximum Gasteiger partial charge on any atom is 0.253 e. The summed E-state index contributed by atoms with van der Waals surface area (Å²) in [6, 6.07) is 8.10. The summed E-state index contributed by atoms with van der Waals surface area (Å²) >= 11 is 5.22. The van der Waals surface area contributed by atoms with Crippen molar-refractivity contribution < 1.29 is 9.53 Å². The minimum absolute atomic E-state index is 0.115. The predicted molar refractivity (Wildman–Crippen MR) is 118 cm³/mol. The van der Waals surface area contributed by atoms with Gasteiger partial charge in [0.1, 0.15) is 5.82 Å². The highest BCUT2D eigenvalue weighted by atomic mass is 32.1. The van der Waals surface area contributed by atoms with Crippen molar-refractivity contribution in [3.05, 3.63) is 46.0 Å². The maximum atomic E-state index is 13.0. The van der Waals surface area contributed by atoms with Crippen molar-refractivity contribution in [1.29, 1.82) is 0 Å². The number of aromatic amines is 1. The number of piperidine rings is 1. The summed E-state index contributed by atoms with van der Waals surface area (Å²) < 4.78 is 8.39. The average Bonchev–Trinajstić information content (AvgIpc) is 3.06. The van der Waals surface area contributed by atoms with Crippen molar-refractivity contribution in [2.24, 2.45) is 7.05 Å². The van der Waals surface area contributed by atoms with Crippen molar-refractivity contribution in [3.8, 4) is 0 Å². The molecular formula is C22H31N5O2S. The highest BCUT2D eigenvalue weighted by Crippen LogP contribution is 2.27. The van der Waals surface area contributed by atoms with E-state index >= 15 is 0 Å². The Kier molecular flexibility index (Phi) is 6.36. The zero-order valence-electron chi connectivity index (χ0n) is 18.0. The van der Waals surface area contributed by atoms with Crippen LogP contribution in [0.2, 0.25) is 0 Å². The molecule has 162 valence electrons. The van der Waals surface area contributed by atoms with Gasteiger partial charge < -0.3 is 14.2 Å². The molecule has 30 heavy (non-hydrogen) atoms. The summed E-state index contributed by atoms with van der Waals surface area (Å²) in [5.41, 5.74) is 2.00. The van der Waals surface area contributed by atoms with E-state index in [0.717, 1.165) is 57.0 Å². The van der Waals surface area contributed by atoms with E-state index in [2.05, 4.69) is 41.1 Å². The number of morpholine rings is 1. The van der Waals surface area contributed by atoms with Crippen molar-refractivity contribution in [2.45, 2.75) is 51.4 Å². The zero-order chi connectivity index (χ0) is 21.3. The number of amides is 1. The molecule has 2 fully saturated rings. The Labute approximate surface area is 183 Å². The molecule has 8 heteroatoms. The molecule has 0 spiro atoms. The number of benzene rings is 1. The van der Waals surface area contributed by atoms with Crippen LogP contribution in [0.4, 0.5) is 0 Å². The SMILES string of the molecule is CC1CN(Cc2ccc(C(=O)N3CCC(c4n[nH]c(=S)n4C)CC3)cc2)CC(C)O1. The molecule has 0 aliphatic carbocycles. The molecule has 1 amide bonds. The largest absolute Gasteiger partial charge is 0.373 e. The first kappa shape index (κ1) is 21.2. The minimum Gasteiger partial charge on any atom is -0.373 e. The van der Waals surface area contributed by atoms with Gasteiger partial charge in [-0.25, -0.2) is 0 Å². The lowest BCUT2D eigenvalue weighted by Gasteiger charge is -2.35. The number of nitrogens with one attached hydrogen (secondary N) is 1. The first-order valence-electron chi connectivity index (χ1n) is 10.8. The monoisotopic (exact) mass is 429 g/mol. The second-order valence-electron chi connectivity index (χ2n) is 8.66. The number of H-pyrrole nitrogens is 1. The Morgan fingerprint density at radius 3 is 2.37 bits per heavy atom. The fourth-order valence-corrected chi connectivity index (χ4v) is 4.81. The molecule has 3 heterocycles. The maximum absolute atomic E-state index is 13.0. The predicted octanol–water partition coefficient (Wildman–Crippen LogP) is 3.11. The molecule has 4 rings (SSSR count). The second kappa shape index (κ2) is 8.99. The van der Waals surface area contributed by atoms with Crippen molar-refractivity contribution in [3.63, 3.8) is 0 Å². The Hall–Kier alpha value is -2.03. The molecule has 2 aliphatic heterocycles. The van der Waals surface area contributed by atoms with Gasteiger partial charge in [0.05, 0.1) is 12.2 Å². The number of rotatable bonds is 4. The van der Waals surface area contributed by atoms with Crippen LogP contribution in [0.3, 0.4) is 0 Å². The molecule has 2 atom stereocenters. The summed E-state index contributed by atoms with van der Waals surface area (Å²) in [5, 5.41) is 7.22. The van der Waals surface area contributed by atoms with E-state index in [9.17, 15) is 4.79 Å². The van der Waals surface area contributed by atoms with E-state index < -0.39 is 0 Å². The molecule has 1 aromatic carbocycles. The Balaban J connectivity index is 1.33. The van der Waals surface area contributed by atoms with E-state index in [4.69, 9.17) is 17.0 Å². The quantitative estimate of drug-likeness (QED) is 0.757. The fourth-order valence-electron chi connectivity index (χ4n) is 4.67. The molecule has 2 aromatic rings. The summed E-state index contributed by atoms with van der Waals surface area (Å²) in [4.78, 5) is 17.3. The van der Waals surface area contributed by atoms with Gasteiger partial charge in [-0.3, -0.25) is 14.8 Å². The van der Waals surface area contributed by atoms with Gasteiger partial charge in [0.25, 0.3) is 5.91 Å². The van der Waals surface area contributed by atoms with Gasteiger partial charge in [0, 0.05) is 51.3 Å². The third-order valence-electron chi connectivity index (χ3n) is 6.16. The lowest BCUT2D eigenvalue weighted by Crippen LogP contribution is -2.44. The van der Waals surface area contributed by atoms with Gasteiger partial charge in [-0.15, -0.1) is 0 Å². The number of carbonyl (C=O) groups is 1. The number of hydrogen-bond donors (Lipinski definition) is 1. The van der Waals surface area contributed by atoms with Crippen LogP contribution in [-0.2, 0) is 18.3 Å². The Morgan fingerprint density at radius 1 is 1.17 bits per heavy atom. The van der Waals surface area contributed by atoms with Crippen molar-refractivity contribution in [1.82, 2.24) is 24.6 Å². The molecule has 2 saturated heterocycles. The number of aromatic nitrogens is 3. The molecule has 1 N–H and O–H groups in total. The highest BCUT2D eigenvalue weighted by Gasteiger charge is 2.27. The number of carbonyl (C=O) groups excluding carboxylic acids is 1. The van der Waals surface area contributed by atoms with Crippen LogP contribution in [0.5, 0.6) is 0 Å². The van der Waals surface area contributed by atoms with Crippen molar-refractivity contribution >= 4 is 18.1 Å². The summed E-state index contributed by atoms with van der Waals surface area (Å²) in [7, 11) is 1.94. The number of ether oxygens (including phenoxy) is 1. The number of likely N-dealkylation sites (tertiary alicyclic amines) is 1. The van der Waals surface area contributed by atoms with Crippen LogP contribution < -0.4 is 0 Å². The lowest BCUT2D eigenvalue weighted by molar-refractivity contribution is -0.0704. The second-order valence-corrected chi connectivity index (χ2v) is 9.05. The van der Waals surface area contributed by atoms with Gasteiger partial charge in [-0.05, 0) is 56.6 Å². The zero-order valence-corrected chi connectivity index (χ0v) is 18.8. The molecule has 0 saturated carbocycles. The topological polar surface area (TPSA) is 66.4 Å². The van der Waals surface area contributed by atoms with Gasteiger partial charge in [0.15, 0.2) is 4.77 Å². The molecule has 0 radical (unpaired) electrons. The van der Waals surface area contributed by atoms with E-state index in [1.807, 2.05) is 28.6 Å². The third-order valence-corrected chi connectivity index (χ3v) is 6.53. The molecule has 2 unspecified atom stereocenters. The van der Waals surface area contributed by atoms with E-state index in [-0.39, 0.29) is 18.1 Å². The normalized spacial score (nSPS) is 23.6. The summed E-state index contributed by atoms with van der Waals surface area (Å²) in [5.74, 6) is 1.44. The third kappa shape index (κ3) is 4.66. The fraction of sp³-hybridized carbons (Fsp3) is 0.591. The van der Waals surface area contributed by atoms with Crippen molar-refractivity contribution in [2.75, 3.05) is 26.2 Å². The van der Waals surface area contributed by atoms with Crippen LogP contribution in [0.1, 0.15) is 54.4 Å². The molecule has 2 aliphatic rings. The van der Waals surface area contributed by atoms with Crippen LogP contribution in [0, 0.1) is 4.77 Å². The summed E-state index contributed by atoms with van der Waals surface area (Å²) in [6.45, 7) is 8.51. The molecule has 7 nitrogen and oxygen atoms in total. The van der Waals surface area contributed by atoms with Crippen LogP contribution in [-0.4, -0.2) is 68.9 Å². The Bertz CT molecular complexity index is 920. The van der Waals surface area contributed by atoms with Gasteiger partial charge >= 0.3 is 0 Å². The minimum atomic E-state index is 0.115. The summed E-state index contributed by atoms with van der Waals surface area (Å²) in [6.07, 6.45) is 2.34. The van der Waals surface area contributed by atoms with Gasteiger partial charge in [0.2, 0.25) is 0 Å². The van der Waals surface area contributed by atoms with E-state index in [0.29, 0.717) is 10.7 Å². The molecular weight excluding hydrogens is 398 g/mol. The van der Waals surface area contributed by atoms with E-state index in [1.165, 1.54) is 5.56 Å². The Morgan fingerprint density at radius 2 is 1.80 bits per heavy atom. The van der Waals surface area contributed by atoms with Crippen LogP contribution in [0.25, 0.3) is 0 Å². The first-order valence-corrected chi connectivity index (χ1v) is 11.2. The van der Waals surface area contributed by atoms with Crippen LogP contribution >= 0.6 is 12.2 Å². The molecule has 0 bridgehead atoms. The highest BCUT2D eigenvalue weighted by molar-refractivity contribution is 7.71. The standard InChI is InChI=1S/C22H31N5O2S/c1-15-12-26(13-16(2)29-15)14-17-4-6-19(7-5-17)21(28)27-10-8-18(9-11-27)20-23-24-22(30)25(20)3/h4-7,15-16,18H,8-14H2,1-3H3,(H,24,30). The smallest absolute Gasteiger partial charge is 0.253 e. The van der Waals surface area contributed by atoms with Gasteiger partial charge in [-0.2, -0.15) is 5.10 Å². The van der Waals surface area contributed by atoms with E-state index in [1.54, 1.807) is 0 Å².